The van der Waals surface area contributed by atoms with Gasteiger partial charge in [0.05, 0.1) is 6.42 Å². The number of anilines is 1. The van der Waals surface area contributed by atoms with Gasteiger partial charge in [-0.3, -0.25) is 15.0 Å². The Hall–Kier alpha value is -3.35. The molecule has 2 aromatic rings. The summed E-state index contributed by atoms with van der Waals surface area (Å²) in [4.78, 5) is 27.1. The predicted octanol–water partition coefficient (Wildman–Crippen LogP) is 2.71. The number of aryl methyl sites for hydroxylation is 2. The molecule has 1 aliphatic rings. The zero-order valence-electron chi connectivity index (χ0n) is 16.7. The summed E-state index contributed by atoms with van der Waals surface area (Å²) in [5, 5.41) is 20.3. The highest BCUT2D eigenvalue weighted by atomic mass is 16.3. The minimum Gasteiger partial charge on any atom is -0.508 e. The van der Waals surface area contributed by atoms with Crippen molar-refractivity contribution >= 4 is 23.3 Å². The predicted molar refractivity (Wildman–Crippen MR) is 113 cm³/mol. The van der Waals surface area contributed by atoms with Crippen LogP contribution in [0, 0.1) is 19.3 Å². The summed E-state index contributed by atoms with van der Waals surface area (Å²) in [5.41, 5.74) is 9.22. The SMILES string of the molecule is Cc1cc(C(=O)N2CCCC2)c(C)cc1NC(=O)Cc1cc(C(=N)N)ccc1O. The van der Waals surface area contributed by atoms with E-state index in [4.69, 9.17) is 11.1 Å². The zero-order chi connectivity index (χ0) is 21.1. The van der Waals surface area contributed by atoms with Gasteiger partial charge in [-0.2, -0.15) is 0 Å². The van der Waals surface area contributed by atoms with E-state index in [2.05, 4.69) is 5.32 Å². The maximum atomic E-state index is 12.7. The number of phenols is 1. The standard InChI is InChI=1S/C22H26N4O3/c1-13-10-18(14(2)9-17(13)22(29)26-7-3-4-8-26)25-20(28)12-16-11-15(21(23)24)5-6-19(16)27/h5-6,9-11,27H,3-4,7-8,12H2,1-2H3,(H3,23,24)(H,25,28). The Kier molecular flexibility index (Phi) is 5.87. The molecule has 2 amide bonds. The van der Waals surface area contributed by atoms with Crippen LogP contribution >= 0.6 is 0 Å². The average molecular weight is 394 g/mol. The van der Waals surface area contributed by atoms with Crippen LogP contribution in [0.3, 0.4) is 0 Å². The van der Waals surface area contributed by atoms with Crippen LogP contribution < -0.4 is 11.1 Å². The summed E-state index contributed by atoms with van der Waals surface area (Å²) in [7, 11) is 0. The van der Waals surface area contributed by atoms with E-state index in [0.29, 0.717) is 22.4 Å². The van der Waals surface area contributed by atoms with Crippen molar-refractivity contribution in [3.8, 4) is 5.75 Å². The number of carbonyl (C=O) groups is 2. The number of benzene rings is 2. The first-order chi connectivity index (χ1) is 13.8. The topological polar surface area (TPSA) is 120 Å². The van der Waals surface area contributed by atoms with E-state index < -0.39 is 0 Å². The normalized spacial score (nSPS) is 13.4. The first-order valence-electron chi connectivity index (χ1n) is 9.63. The smallest absolute Gasteiger partial charge is 0.254 e. The summed E-state index contributed by atoms with van der Waals surface area (Å²) in [6.45, 7) is 5.29. The molecular formula is C22H26N4O3. The fourth-order valence-corrected chi connectivity index (χ4v) is 3.53. The molecule has 0 aromatic heterocycles. The van der Waals surface area contributed by atoms with Gasteiger partial charge in [0.25, 0.3) is 5.91 Å². The van der Waals surface area contributed by atoms with Crippen molar-refractivity contribution in [1.29, 1.82) is 5.41 Å². The van der Waals surface area contributed by atoms with Gasteiger partial charge in [-0.05, 0) is 68.1 Å². The van der Waals surface area contributed by atoms with Gasteiger partial charge < -0.3 is 21.1 Å². The molecule has 1 fully saturated rings. The van der Waals surface area contributed by atoms with Crippen LogP contribution in [-0.2, 0) is 11.2 Å². The second-order valence-electron chi connectivity index (χ2n) is 7.46. The lowest BCUT2D eigenvalue weighted by Gasteiger charge is -2.18. The highest BCUT2D eigenvalue weighted by Crippen LogP contribution is 2.24. The number of nitrogens with one attached hydrogen (secondary N) is 2. The third-order valence-corrected chi connectivity index (χ3v) is 5.21. The largest absolute Gasteiger partial charge is 0.508 e. The van der Waals surface area contributed by atoms with E-state index in [0.717, 1.165) is 37.1 Å². The number of likely N-dealkylation sites (tertiary alicyclic amines) is 1. The Labute approximate surface area is 170 Å². The Bertz CT molecular complexity index is 978. The van der Waals surface area contributed by atoms with Crippen molar-refractivity contribution in [1.82, 2.24) is 4.90 Å². The number of phenolic OH excluding ortho intramolecular Hbond substituents is 1. The van der Waals surface area contributed by atoms with Gasteiger partial charge in [0, 0.05) is 35.5 Å². The monoisotopic (exact) mass is 394 g/mol. The summed E-state index contributed by atoms with van der Waals surface area (Å²) < 4.78 is 0. The van der Waals surface area contributed by atoms with Crippen LogP contribution in [0.25, 0.3) is 0 Å². The molecule has 7 heteroatoms. The van der Waals surface area contributed by atoms with Gasteiger partial charge in [0.1, 0.15) is 11.6 Å². The van der Waals surface area contributed by atoms with E-state index in [9.17, 15) is 14.7 Å². The van der Waals surface area contributed by atoms with Crippen LogP contribution in [0.4, 0.5) is 5.69 Å². The van der Waals surface area contributed by atoms with E-state index in [1.807, 2.05) is 30.9 Å². The van der Waals surface area contributed by atoms with Crippen molar-refractivity contribution in [3.05, 3.63) is 58.1 Å². The van der Waals surface area contributed by atoms with Crippen LogP contribution in [0.2, 0.25) is 0 Å². The highest BCUT2D eigenvalue weighted by Gasteiger charge is 2.22. The number of nitrogens with zero attached hydrogens (tertiary/aromatic N) is 1. The molecule has 1 aliphatic heterocycles. The second kappa shape index (κ2) is 8.34. The molecular weight excluding hydrogens is 368 g/mol. The molecule has 5 N–H and O–H groups in total. The molecule has 0 bridgehead atoms. The summed E-state index contributed by atoms with van der Waals surface area (Å²) in [6.07, 6.45) is 2.02. The average Bonchev–Trinajstić information content (AvgIpc) is 3.20. The molecule has 3 rings (SSSR count). The van der Waals surface area contributed by atoms with Gasteiger partial charge in [0.15, 0.2) is 0 Å². The fraction of sp³-hybridized carbons (Fsp3) is 0.318. The van der Waals surface area contributed by atoms with Crippen molar-refractivity contribution in [2.24, 2.45) is 5.73 Å². The van der Waals surface area contributed by atoms with Gasteiger partial charge in [0.2, 0.25) is 5.91 Å². The quantitative estimate of drug-likeness (QED) is 0.460. The van der Waals surface area contributed by atoms with E-state index in [1.54, 1.807) is 0 Å². The van der Waals surface area contributed by atoms with Crippen molar-refractivity contribution in [3.63, 3.8) is 0 Å². The molecule has 152 valence electrons. The van der Waals surface area contributed by atoms with Gasteiger partial charge in [-0.15, -0.1) is 0 Å². The summed E-state index contributed by atoms with van der Waals surface area (Å²) >= 11 is 0. The number of rotatable bonds is 5. The van der Waals surface area contributed by atoms with Gasteiger partial charge in [-0.1, -0.05) is 0 Å². The first kappa shape index (κ1) is 20.4. The number of carbonyl (C=O) groups excluding carboxylic acids is 2. The van der Waals surface area contributed by atoms with E-state index in [-0.39, 0.29) is 29.8 Å². The molecule has 7 nitrogen and oxygen atoms in total. The number of amidine groups is 1. The molecule has 0 saturated carbocycles. The molecule has 29 heavy (non-hydrogen) atoms. The van der Waals surface area contributed by atoms with Gasteiger partial charge in [-0.25, -0.2) is 0 Å². The van der Waals surface area contributed by atoms with Crippen LogP contribution in [0.5, 0.6) is 5.75 Å². The molecule has 0 aliphatic carbocycles. The Morgan fingerprint density at radius 3 is 2.48 bits per heavy atom. The highest BCUT2D eigenvalue weighted by molar-refractivity contribution is 5.99. The van der Waals surface area contributed by atoms with Crippen molar-refractivity contribution in [2.75, 3.05) is 18.4 Å². The summed E-state index contributed by atoms with van der Waals surface area (Å²) in [5.74, 6) is -0.421. The van der Waals surface area contributed by atoms with Crippen LogP contribution in [0.1, 0.15) is 45.5 Å². The maximum absolute atomic E-state index is 12.7. The molecule has 2 aromatic carbocycles. The molecule has 0 unspecified atom stereocenters. The maximum Gasteiger partial charge on any atom is 0.254 e. The number of hydrogen-bond acceptors (Lipinski definition) is 4. The molecule has 0 atom stereocenters. The Morgan fingerprint density at radius 1 is 1.14 bits per heavy atom. The third kappa shape index (κ3) is 4.56. The molecule has 0 spiro atoms. The third-order valence-electron chi connectivity index (χ3n) is 5.21. The fourth-order valence-electron chi connectivity index (χ4n) is 3.53. The van der Waals surface area contributed by atoms with Crippen LogP contribution in [0.15, 0.2) is 30.3 Å². The molecule has 1 saturated heterocycles. The molecule has 1 heterocycles. The van der Waals surface area contributed by atoms with E-state index >= 15 is 0 Å². The minimum absolute atomic E-state index is 0.0235. The Morgan fingerprint density at radius 2 is 1.83 bits per heavy atom. The Balaban J connectivity index is 1.75. The minimum atomic E-state index is -0.304. The lowest BCUT2D eigenvalue weighted by Crippen LogP contribution is -2.28. The van der Waals surface area contributed by atoms with E-state index in [1.165, 1.54) is 18.2 Å². The summed E-state index contributed by atoms with van der Waals surface area (Å²) in [6, 6.07) is 8.12. The van der Waals surface area contributed by atoms with Crippen molar-refractivity contribution in [2.45, 2.75) is 33.1 Å². The number of aromatic hydroxyl groups is 1. The van der Waals surface area contributed by atoms with Crippen LogP contribution in [-0.4, -0.2) is 40.7 Å². The number of amides is 2. The lowest BCUT2D eigenvalue weighted by molar-refractivity contribution is -0.115. The first-order valence-corrected chi connectivity index (χ1v) is 9.63. The zero-order valence-corrected chi connectivity index (χ0v) is 16.7. The number of nitrogens with two attached hydrogens (primary N) is 1. The number of hydrogen-bond donors (Lipinski definition) is 4. The van der Waals surface area contributed by atoms with Gasteiger partial charge >= 0.3 is 0 Å². The number of nitrogen functional groups attached to an aromatic ring is 1. The lowest BCUT2D eigenvalue weighted by atomic mass is 10.0. The van der Waals surface area contributed by atoms with Crippen molar-refractivity contribution < 1.29 is 14.7 Å². The second-order valence-corrected chi connectivity index (χ2v) is 7.46. The molecule has 0 radical (unpaired) electrons.